The van der Waals surface area contributed by atoms with E-state index in [1.54, 1.807) is 0 Å². The lowest BCUT2D eigenvalue weighted by Crippen LogP contribution is -2.06. The van der Waals surface area contributed by atoms with Crippen LogP contribution in [0.4, 0.5) is 0 Å². The fourth-order valence-electron chi connectivity index (χ4n) is 2.24. The van der Waals surface area contributed by atoms with E-state index in [-0.39, 0.29) is 5.78 Å². The van der Waals surface area contributed by atoms with Crippen molar-refractivity contribution in [2.45, 2.75) is 39.0 Å². The first-order chi connectivity index (χ1) is 11.1. The molecule has 0 aliphatic rings. The van der Waals surface area contributed by atoms with Crippen molar-refractivity contribution in [1.82, 2.24) is 0 Å². The summed E-state index contributed by atoms with van der Waals surface area (Å²) < 4.78 is 5.90. The summed E-state index contributed by atoms with van der Waals surface area (Å²) >= 11 is 1.81. The Morgan fingerprint density at radius 2 is 1.87 bits per heavy atom. The van der Waals surface area contributed by atoms with Crippen LogP contribution in [0.3, 0.4) is 0 Å². The Morgan fingerprint density at radius 3 is 2.57 bits per heavy atom. The quantitative estimate of drug-likeness (QED) is 0.616. The molecule has 0 spiro atoms. The molecule has 0 aliphatic heterocycles. The molecule has 122 valence electrons. The number of benzene rings is 2. The van der Waals surface area contributed by atoms with Crippen LogP contribution in [0.25, 0.3) is 0 Å². The summed E-state index contributed by atoms with van der Waals surface area (Å²) in [5.74, 6) is 1.69. The molecule has 0 atom stereocenters. The number of carbonyl (C=O) groups excluding carboxylic acids is 1. The number of aryl methyl sites for hydroxylation is 1. The molecule has 0 heterocycles. The number of ether oxygens (including phenoxy) is 1. The van der Waals surface area contributed by atoms with Crippen LogP contribution in [0, 0.1) is 6.92 Å². The molecule has 3 heteroatoms. The fraction of sp³-hybridized carbons (Fsp3) is 0.350. The maximum atomic E-state index is 12.5. The Labute approximate surface area is 143 Å². The van der Waals surface area contributed by atoms with Gasteiger partial charge in [-0.15, -0.1) is 0 Å². The molecule has 0 bridgehead atoms. The summed E-state index contributed by atoms with van der Waals surface area (Å²) in [6.07, 6.45) is 0.550. The highest BCUT2D eigenvalue weighted by molar-refractivity contribution is 7.99. The van der Waals surface area contributed by atoms with Crippen LogP contribution in [0.15, 0.2) is 48.5 Å². The third kappa shape index (κ3) is 5.76. The Balaban J connectivity index is 2.05. The molecular formula is C20H24O2S. The summed E-state index contributed by atoms with van der Waals surface area (Å²) in [6, 6.07) is 15.8. The number of ketones is 1. The van der Waals surface area contributed by atoms with Crippen LogP contribution in [0.2, 0.25) is 0 Å². The fourth-order valence-corrected chi connectivity index (χ4v) is 3.02. The van der Waals surface area contributed by atoms with Crippen LogP contribution < -0.4 is 4.74 Å². The summed E-state index contributed by atoms with van der Waals surface area (Å²) in [6.45, 7) is 6.78. The number of hydrogen-bond donors (Lipinski definition) is 0. The Bertz CT molecular complexity index is 635. The molecule has 0 amide bonds. The van der Waals surface area contributed by atoms with E-state index in [0.29, 0.717) is 29.6 Å². The highest BCUT2D eigenvalue weighted by Gasteiger charge is 2.13. The zero-order valence-corrected chi connectivity index (χ0v) is 14.9. The first-order valence-corrected chi connectivity index (χ1v) is 9.03. The molecule has 0 saturated carbocycles. The van der Waals surface area contributed by atoms with Gasteiger partial charge in [-0.2, -0.15) is 11.8 Å². The van der Waals surface area contributed by atoms with Gasteiger partial charge in [-0.25, -0.2) is 0 Å². The third-order valence-electron chi connectivity index (χ3n) is 3.45. The Kier molecular flexibility index (Phi) is 6.72. The van der Waals surface area contributed by atoms with Gasteiger partial charge < -0.3 is 4.74 Å². The van der Waals surface area contributed by atoms with Crippen molar-refractivity contribution in [2.24, 2.45) is 0 Å². The smallest absolute Gasteiger partial charge is 0.167 e. The van der Waals surface area contributed by atoms with Crippen LogP contribution in [-0.4, -0.2) is 16.8 Å². The minimum atomic E-state index is 0.157. The zero-order chi connectivity index (χ0) is 16.7. The molecule has 0 saturated heterocycles. The van der Waals surface area contributed by atoms with Crippen LogP contribution in [0.5, 0.6) is 5.75 Å². The van der Waals surface area contributed by atoms with Gasteiger partial charge in [0.15, 0.2) is 5.78 Å². The normalized spacial score (nSPS) is 10.8. The summed E-state index contributed by atoms with van der Waals surface area (Å²) in [4.78, 5) is 12.5. The van der Waals surface area contributed by atoms with Crippen LogP contribution in [-0.2, 0) is 6.61 Å². The molecule has 2 aromatic carbocycles. The van der Waals surface area contributed by atoms with Gasteiger partial charge >= 0.3 is 0 Å². The molecule has 23 heavy (non-hydrogen) atoms. The van der Waals surface area contributed by atoms with Gasteiger partial charge in [0, 0.05) is 12.2 Å². The van der Waals surface area contributed by atoms with E-state index < -0.39 is 0 Å². The average molecular weight is 328 g/mol. The van der Waals surface area contributed by atoms with E-state index in [2.05, 4.69) is 13.8 Å². The van der Waals surface area contributed by atoms with Gasteiger partial charge in [0.1, 0.15) is 12.4 Å². The van der Waals surface area contributed by atoms with E-state index in [4.69, 9.17) is 4.74 Å². The maximum Gasteiger partial charge on any atom is 0.167 e. The second kappa shape index (κ2) is 8.78. The Hall–Kier alpha value is -1.74. The van der Waals surface area contributed by atoms with Gasteiger partial charge in [-0.1, -0.05) is 55.8 Å². The SMILES string of the molecule is Cc1ccc(OCc2ccccc2)c(C(=O)CCSC(C)C)c1. The molecule has 0 radical (unpaired) electrons. The van der Waals surface area contributed by atoms with Crippen molar-refractivity contribution in [3.05, 3.63) is 65.2 Å². The average Bonchev–Trinajstić information content (AvgIpc) is 2.54. The molecule has 0 aliphatic carbocycles. The molecule has 0 fully saturated rings. The lowest BCUT2D eigenvalue weighted by atomic mass is 10.0. The van der Waals surface area contributed by atoms with Crippen molar-refractivity contribution in [3.8, 4) is 5.75 Å². The van der Waals surface area contributed by atoms with Gasteiger partial charge in [-0.3, -0.25) is 4.79 Å². The zero-order valence-electron chi connectivity index (χ0n) is 14.0. The van der Waals surface area contributed by atoms with Crippen molar-refractivity contribution in [2.75, 3.05) is 5.75 Å². The molecule has 2 aromatic rings. The van der Waals surface area contributed by atoms with E-state index >= 15 is 0 Å². The minimum absolute atomic E-state index is 0.157. The van der Waals surface area contributed by atoms with Gasteiger partial charge in [0.05, 0.1) is 5.56 Å². The molecule has 0 aromatic heterocycles. The van der Waals surface area contributed by atoms with Gasteiger partial charge in [0.25, 0.3) is 0 Å². The predicted octanol–water partition coefficient (Wildman–Crippen LogP) is 5.29. The van der Waals surface area contributed by atoms with Crippen LogP contribution >= 0.6 is 11.8 Å². The molecule has 2 rings (SSSR count). The van der Waals surface area contributed by atoms with Crippen molar-refractivity contribution in [3.63, 3.8) is 0 Å². The monoisotopic (exact) mass is 328 g/mol. The lowest BCUT2D eigenvalue weighted by molar-refractivity contribution is 0.0985. The number of carbonyl (C=O) groups is 1. The Morgan fingerprint density at radius 1 is 1.13 bits per heavy atom. The number of hydrogen-bond acceptors (Lipinski definition) is 3. The molecule has 0 unspecified atom stereocenters. The maximum absolute atomic E-state index is 12.5. The minimum Gasteiger partial charge on any atom is -0.488 e. The standard InChI is InChI=1S/C20H24O2S/c1-15(2)23-12-11-19(21)18-13-16(3)9-10-20(18)22-14-17-7-5-4-6-8-17/h4-10,13,15H,11-12,14H2,1-3H3. The number of thioether (sulfide) groups is 1. The van der Waals surface area contributed by atoms with E-state index in [9.17, 15) is 4.79 Å². The predicted molar refractivity (Wildman–Crippen MR) is 98.5 cm³/mol. The van der Waals surface area contributed by atoms with E-state index in [0.717, 1.165) is 16.9 Å². The van der Waals surface area contributed by atoms with Gasteiger partial charge in [0.2, 0.25) is 0 Å². The van der Waals surface area contributed by atoms with E-state index in [1.807, 2.05) is 67.2 Å². The van der Waals surface area contributed by atoms with Crippen molar-refractivity contribution >= 4 is 17.5 Å². The summed E-state index contributed by atoms with van der Waals surface area (Å²) in [5.41, 5.74) is 2.88. The topological polar surface area (TPSA) is 26.3 Å². The van der Waals surface area contributed by atoms with Crippen LogP contribution in [0.1, 0.15) is 41.8 Å². The molecule has 0 N–H and O–H groups in total. The van der Waals surface area contributed by atoms with Crippen molar-refractivity contribution < 1.29 is 9.53 Å². The molecule has 2 nitrogen and oxygen atoms in total. The van der Waals surface area contributed by atoms with Crippen molar-refractivity contribution in [1.29, 1.82) is 0 Å². The first kappa shape index (κ1) is 17.6. The second-order valence-electron chi connectivity index (χ2n) is 5.87. The first-order valence-electron chi connectivity index (χ1n) is 7.98. The third-order valence-corrected chi connectivity index (χ3v) is 4.56. The van der Waals surface area contributed by atoms with E-state index in [1.165, 1.54) is 0 Å². The molecular weight excluding hydrogens is 304 g/mol. The van der Waals surface area contributed by atoms with Gasteiger partial charge in [-0.05, 0) is 29.9 Å². The second-order valence-corrected chi connectivity index (χ2v) is 7.55. The largest absolute Gasteiger partial charge is 0.488 e. The summed E-state index contributed by atoms with van der Waals surface area (Å²) in [5, 5.41) is 0.550. The number of rotatable bonds is 8. The highest BCUT2D eigenvalue weighted by Crippen LogP contribution is 2.24. The lowest BCUT2D eigenvalue weighted by Gasteiger charge is -2.12. The summed E-state index contributed by atoms with van der Waals surface area (Å²) in [7, 11) is 0. The highest BCUT2D eigenvalue weighted by atomic mass is 32.2. The number of Topliss-reactive ketones (excluding diaryl/α,β-unsaturated/α-hetero) is 1.